The average molecular weight is 237 g/mol. The smallest absolute Gasteiger partial charge is 0.310 e. The molecular formula is C13H19NO3. The van der Waals surface area contributed by atoms with Crippen LogP contribution in [0.25, 0.3) is 0 Å². The van der Waals surface area contributed by atoms with Crippen molar-refractivity contribution in [1.82, 2.24) is 5.32 Å². The Hall–Kier alpha value is -1.39. The van der Waals surface area contributed by atoms with Gasteiger partial charge in [0.05, 0.1) is 12.0 Å². The monoisotopic (exact) mass is 237 g/mol. The van der Waals surface area contributed by atoms with Gasteiger partial charge in [0.25, 0.3) is 0 Å². The first kappa shape index (κ1) is 13.7. The van der Waals surface area contributed by atoms with Crippen LogP contribution in [-0.2, 0) is 17.9 Å². The topological polar surface area (TPSA) is 69.6 Å². The van der Waals surface area contributed by atoms with Crippen molar-refractivity contribution in [3.63, 3.8) is 0 Å². The molecule has 0 aliphatic heterocycles. The van der Waals surface area contributed by atoms with Gasteiger partial charge in [-0.05, 0) is 25.0 Å². The highest BCUT2D eigenvalue weighted by atomic mass is 16.4. The summed E-state index contributed by atoms with van der Waals surface area (Å²) < 4.78 is 0. The van der Waals surface area contributed by atoms with Gasteiger partial charge in [0.2, 0.25) is 0 Å². The number of carboxylic acid groups (broad SMARTS) is 1. The molecule has 1 aromatic carbocycles. The van der Waals surface area contributed by atoms with E-state index in [4.69, 9.17) is 10.2 Å². The highest BCUT2D eigenvalue weighted by Crippen LogP contribution is 2.13. The van der Waals surface area contributed by atoms with E-state index in [1.54, 1.807) is 13.8 Å². The Morgan fingerprint density at radius 2 is 1.76 bits per heavy atom. The zero-order chi connectivity index (χ0) is 12.9. The molecule has 94 valence electrons. The molecule has 3 N–H and O–H groups in total. The SMILES string of the molecule is CC(C)(CNCc1ccc(CO)cc1)C(=O)O. The Balaban J connectivity index is 2.43. The maximum absolute atomic E-state index is 10.9. The Labute approximate surface area is 101 Å². The minimum atomic E-state index is -0.805. The fourth-order valence-electron chi connectivity index (χ4n) is 1.36. The molecule has 0 bridgehead atoms. The molecule has 0 fully saturated rings. The predicted octanol–water partition coefficient (Wildman–Crippen LogP) is 1.38. The van der Waals surface area contributed by atoms with Gasteiger partial charge in [0.1, 0.15) is 0 Å². The summed E-state index contributed by atoms with van der Waals surface area (Å²) in [5.41, 5.74) is 1.19. The van der Waals surface area contributed by atoms with Crippen LogP contribution in [0.2, 0.25) is 0 Å². The van der Waals surface area contributed by atoms with Crippen LogP contribution >= 0.6 is 0 Å². The second kappa shape index (κ2) is 5.80. The van der Waals surface area contributed by atoms with Gasteiger partial charge in [-0.1, -0.05) is 24.3 Å². The number of nitrogens with one attached hydrogen (secondary N) is 1. The number of aliphatic hydroxyl groups excluding tert-OH is 1. The van der Waals surface area contributed by atoms with Crippen molar-refractivity contribution in [1.29, 1.82) is 0 Å². The lowest BCUT2D eigenvalue weighted by Gasteiger charge is -2.19. The molecule has 0 amide bonds. The Morgan fingerprint density at radius 1 is 1.24 bits per heavy atom. The highest BCUT2D eigenvalue weighted by Gasteiger charge is 2.26. The molecule has 4 nitrogen and oxygen atoms in total. The van der Waals surface area contributed by atoms with E-state index < -0.39 is 11.4 Å². The number of rotatable bonds is 6. The largest absolute Gasteiger partial charge is 0.481 e. The molecule has 0 saturated heterocycles. The molecule has 1 rings (SSSR count). The maximum Gasteiger partial charge on any atom is 0.310 e. The van der Waals surface area contributed by atoms with Crippen molar-refractivity contribution in [2.45, 2.75) is 27.0 Å². The number of carbonyl (C=O) groups is 1. The molecule has 0 atom stereocenters. The molecule has 17 heavy (non-hydrogen) atoms. The van der Waals surface area contributed by atoms with Crippen molar-refractivity contribution in [3.8, 4) is 0 Å². The number of benzene rings is 1. The summed E-state index contributed by atoms with van der Waals surface area (Å²) >= 11 is 0. The highest BCUT2D eigenvalue weighted by molar-refractivity contribution is 5.73. The molecule has 0 radical (unpaired) electrons. The summed E-state index contributed by atoms with van der Waals surface area (Å²) in [7, 11) is 0. The van der Waals surface area contributed by atoms with Crippen LogP contribution in [-0.4, -0.2) is 22.7 Å². The number of aliphatic carboxylic acids is 1. The van der Waals surface area contributed by atoms with Gasteiger partial charge >= 0.3 is 5.97 Å². The molecule has 0 saturated carbocycles. The Bertz CT molecular complexity index is 371. The predicted molar refractivity (Wildman–Crippen MR) is 65.5 cm³/mol. The molecule has 0 aliphatic rings. The van der Waals surface area contributed by atoms with Gasteiger partial charge in [-0.3, -0.25) is 4.79 Å². The van der Waals surface area contributed by atoms with E-state index in [9.17, 15) is 4.79 Å². The third-order valence-electron chi connectivity index (χ3n) is 2.68. The number of hydrogen-bond acceptors (Lipinski definition) is 3. The van der Waals surface area contributed by atoms with E-state index in [1.165, 1.54) is 0 Å². The van der Waals surface area contributed by atoms with Crippen LogP contribution in [0.4, 0.5) is 0 Å². The fraction of sp³-hybridized carbons (Fsp3) is 0.462. The van der Waals surface area contributed by atoms with E-state index in [0.29, 0.717) is 13.1 Å². The second-order valence-corrected chi connectivity index (χ2v) is 4.77. The third-order valence-corrected chi connectivity index (χ3v) is 2.68. The lowest BCUT2D eigenvalue weighted by Crippen LogP contribution is -2.35. The zero-order valence-electron chi connectivity index (χ0n) is 10.2. The van der Waals surface area contributed by atoms with Crippen LogP contribution in [0.5, 0.6) is 0 Å². The first-order valence-corrected chi connectivity index (χ1v) is 5.58. The van der Waals surface area contributed by atoms with Gasteiger partial charge in [-0.15, -0.1) is 0 Å². The molecular weight excluding hydrogens is 218 g/mol. The summed E-state index contributed by atoms with van der Waals surface area (Å²) in [5.74, 6) is -0.805. The minimum Gasteiger partial charge on any atom is -0.481 e. The van der Waals surface area contributed by atoms with Gasteiger partial charge in [-0.25, -0.2) is 0 Å². The number of aliphatic hydroxyl groups is 1. The van der Waals surface area contributed by atoms with Crippen molar-refractivity contribution in [2.24, 2.45) is 5.41 Å². The van der Waals surface area contributed by atoms with Crippen LogP contribution in [0.1, 0.15) is 25.0 Å². The number of carboxylic acids is 1. The third kappa shape index (κ3) is 4.17. The van der Waals surface area contributed by atoms with Crippen molar-refractivity contribution < 1.29 is 15.0 Å². The number of hydrogen-bond donors (Lipinski definition) is 3. The van der Waals surface area contributed by atoms with Crippen LogP contribution < -0.4 is 5.32 Å². The standard InChI is InChI=1S/C13H19NO3/c1-13(2,12(16)17)9-14-7-10-3-5-11(8-15)6-4-10/h3-6,14-15H,7-9H2,1-2H3,(H,16,17). The summed E-state index contributed by atoms with van der Waals surface area (Å²) in [4.78, 5) is 10.9. The van der Waals surface area contributed by atoms with Crippen LogP contribution in [0, 0.1) is 5.41 Å². The van der Waals surface area contributed by atoms with Crippen molar-refractivity contribution in [3.05, 3.63) is 35.4 Å². The van der Waals surface area contributed by atoms with Gasteiger partial charge < -0.3 is 15.5 Å². The molecule has 0 aromatic heterocycles. The lowest BCUT2D eigenvalue weighted by molar-refractivity contribution is -0.146. The van der Waals surface area contributed by atoms with Gasteiger partial charge in [-0.2, -0.15) is 0 Å². The van der Waals surface area contributed by atoms with E-state index in [-0.39, 0.29) is 6.61 Å². The normalized spacial score (nSPS) is 11.5. The first-order valence-electron chi connectivity index (χ1n) is 5.58. The minimum absolute atomic E-state index is 0.0414. The molecule has 0 unspecified atom stereocenters. The molecule has 0 spiro atoms. The molecule has 4 heteroatoms. The quantitative estimate of drug-likeness (QED) is 0.699. The van der Waals surface area contributed by atoms with E-state index in [2.05, 4.69) is 5.32 Å². The molecule has 0 heterocycles. The van der Waals surface area contributed by atoms with Crippen LogP contribution in [0.15, 0.2) is 24.3 Å². The van der Waals surface area contributed by atoms with E-state index in [0.717, 1.165) is 11.1 Å². The summed E-state index contributed by atoms with van der Waals surface area (Å²) in [5, 5.41) is 20.9. The summed E-state index contributed by atoms with van der Waals surface area (Å²) in [6, 6.07) is 7.57. The fourth-order valence-corrected chi connectivity index (χ4v) is 1.36. The van der Waals surface area contributed by atoms with E-state index in [1.807, 2.05) is 24.3 Å². The van der Waals surface area contributed by atoms with Crippen LogP contribution in [0.3, 0.4) is 0 Å². The van der Waals surface area contributed by atoms with E-state index >= 15 is 0 Å². The van der Waals surface area contributed by atoms with Crippen molar-refractivity contribution >= 4 is 5.97 Å². The maximum atomic E-state index is 10.9. The first-order chi connectivity index (χ1) is 7.95. The van der Waals surface area contributed by atoms with Gasteiger partial charge in [0.15, 0.2) is 0 Å². The Morgan fingerprint density at radius 3 is 2.24 bits per heavy atom. The summed E-state index contributed by atoms with van der Waals surface area (Å²) in [6.45, 7) is 4.47. The zero-order valence-corrected chi connectivity index (χ0v) is 10.2. The average Bonchev–Trinajstić information content (AvgIpc) is 2.29. The second-order valence-electron chi connectivity index (χ2n) is 4.77. The van der Waals surface area contributed by atoms with Gasteiger partial charge in [0, 0.05) is 13.1 Å². The molecule has 0 aliphatic carbocycles. The lowest BCUT2D eigenvalue weighted by atomic mass is 9.94. The van der Waals surface area contributed by atoms with Crippen molar-refractivity contribution in [2.75, 3.05) is 6.54 Å². The molecule has 1 aromatic rings. The Kier molecular flexibility index (Phi) is 4.66. The summed E-state index contributed by atoms with van der Waals surface area (Å²) in [6.07, 6.45) is 0.